The molecule has 5 nitrogen and oxygen atoms in total. The molecular weight excluding hydrogens is 681 g/mol. The summed E-state index contributed by atoms with van der Waals surface area (Å²) in [6.45, 7) is 13.2. The quantitative estimate of drug-likeness (QED) is 0.172. The first-order valence-electron chi connectivity index (χ1n) is 18.4. The smallest absolute Gasteiger partial charge is 0.137 e. The number of pyridine rings is 1. The average Bonchev–Trinajstić information content (AvgIpc) is 3.69. The van der Waals surface area contributed by atoms with Gasteiger partial charge in [-0.15, -0.1) is 11.3 Å². The fraction of sp³-hybridized carbons (Fsp3) is 0.146. The van der Waals surface area contributed by atoms with Gasteiger partial charge in [0.1, 0.15) is 17.3 Å². The highest BCUT2D eigenvalue weighted by Crippen LogP contribution is 2.44. The molecule has 9 aromatic rings. The zero-order chi connectivity index (χ0) is 37.1. The van der Waals surface area contributed by atoms with Crippen LogP contribution in [0.5, 0.6) is 11.5 Å². The van der Waals surface area contributed by atoms with Gasteiger partial charge in [-0.3, -0.25) is 4.57 Å². The standard InChI is InChI=1S/C48H42N4OS/c1-29-24-30(2)47(31(3)25-29)51-39-16-9-8-15-38(39)50-33-12-11-13-34(27-33)53-35-18-19-36-41(28-35)52(44-26-32(22-23-49-44)48(4,5)6)40-20-21-43-46(45(36)40)37-14-7-10-17-42(37)54-43/h7-28,50-51H,1-6H3. The van der Waals surface area contributed by atoms with Gasteiger partial charge in [0.2, 0.25) is 0 Å². The first-order valence-corrected chi connectivity index (χ1v) is 19.3. The zero-order valence-corrected chi connectivity index (χ0v) is 32.2. The lowest BCUT2D eigenvalue weighted by Crippen LogP contribution is -2.12. The SMILES string of the molecule is Cc1cc(C)c(Nc2ccccc2Nc2cccc(Oc3ccc4c5c6c(ccc5n(-c5cc(C(C)(C)C)ccn5)c4c3)sc3ccccc36)c2)c(C)c1. The first kappa shape index (κ1) is 33.7. The maximum Gasteiger partial charge on any atom is 0.137 e. The summed E-state index contributed by atoms with van der Waals surface area (Å²) in [7, 11) is 0. The van der Waals surface area contributed by atoms with E-state index in [-0.39, 0.29) is 5.41 Å². The summed E-state index contributed by atoms with van der Waals surface area (Å²) >= 11 is 1.85. The van der Waals surface area contributed by atoms with E-state index in [9.17, 15) is 0 Å². The van der Waals surface area contributed by atoms with E-state index in [0.29, 0.717) is 0 Å². The topological polar surface area (TPSA) is 51.1 Å². The Labute approximate surface area is 319 Å². The van der Waals surface area contributed by atoms with Crippen LogP contribution in [0.15, 0.2) is 134 Å². The molecular formula is C48H42N4OS. The lowest BCUT2D eigenvalue weighted by atomic mass is 9.88. The van der Waals surface area contributed by atoms with Gasteiger partial charge in [-0.25, -0.2) is 4.98 Å². The third-order valence-electron chi connectivity index (χ3n) is 10.3. The summed E-state index contributed by atoms with van der Waals surface area (Å²) < 4.78 is 11.5. The van der Waals surface area contributed by atoms with Crippen molar-refractivity contribution in [3.8, 4) is 17.3 Å². The highest BCUT2D eigenvalue weighted by atomic mass is 32.1. The molecule has 0 aliphatic rings. The van der Waals surface area contributed by atoms with Crippen molar-refractivity contribution in [3.63, 3.8) is 0 Å². The third kappa shape index (κ3) is 6.02. The number of ether oxygens (including phenoxy) is 1. The Bertz CT molecular complexity index is 2870. The van der Waals surface area contributed by atoms with Crippen molar-refractivity contribution in [2.45, 2.75) is 47.0 Å². The molecule has 9 rings (SSSR count). The van der Waals surface area contributed by atoms with E-state index in [1.165, 1.54) is 53.2 Å². The highest BCUT2D eigenvalue weighted by Gasteiger charge is 2.21. The zero-order valence-electron chi connectivity index (χ0n) is 31.4. The Morgan fingerprint density at radius 1 is 0.611 bits per heavy atom. The Morgan fingerprint density at radius 2 is 1.35 bits per heavy atom. The van der Waals surface area contributed by atoms with E-state index in [2.05, 4.69) is 166 Å². The van der Waals surface area contributed by atoms with Crippen LogP contribution >= 0.6 is 11.3 Å². The number of para-hydroxylation sites is 2. The number of anilines is 4. The molecule has 0 saturated carbocycles. The third-order valence-corrected chi connectivity index (χ3v) is 11.4. The number of hydrogen-bond acceptors (Lipinski definition) is 5. The van der Waals surface area contributed by atoms with Gasteiger partial charge in [0.15, 0.2) is 0 Å². The second-order valence-electron chi connectivity index (χ2n) is 15.3. The molecule has 0 saturated heterocycles. The van der Waals surface area contributed by atoms with Crippen molar-refractivity contribution >= 4 is 76.1 Å². The molecule has 0 bridgehead atoms. The lowest BCUT2D eigenvalue weighted by Gasteiger charge is -2.20. The maximum absolute atomic E-state index is 6.65. The van der Waals surface area contributed by atoms with Crippen LogP contribution in [-0.2, 0) is 5.41 Å². The van der Waals surface area contributed by atoms with Crippen molar-refractivity contribution < 1.29 is 4.74 Å². The number of hydrogen-bond donors (Lipinski definition) is 2. The summed E-state index contributed by atoms with van der Waals surface area (Å²) in [5.74, 6) is 2.40. The molecule has 3 heterocycles. The monoisotopic (exact) mass is 722 g/mol. The number of aryl methyl sites for hydroxylation is 3. The van der Waals surface area contributed by atoms with Gasteiger partial charge in [-0.1, -0.05) is 74.9 Å². The van der Waals surface area contributed by atoms with Gasteiger partial charge in [0, 0.05) is 60.6 Å². The molecule has 6 heteroatoms. The molecule has 0 amide bonds. The van der Waals surface area contributed by atoms with Gasteiger partial charge in [0.05, 0.1) is 22.4 Å². The van der Waals surface area contributed by atoms with E-state index >= 15 is 0 Å². The van der Waals surface area contributed by atoms with E-state index in [1.54, 1.807) is 0 Å². The van der Waals surface area contributed by atoms with Gasteiger partial charge in [-0.05, 0) is 110 Å². The predicted octanol–water partition coefficient (Wildman–Crippen LogP) is 14.0. The number of thiophene rings is 1. The Morgan fingerprint density at radius 3 is 2.15 bits per heavy atom. The van der Waals surface area contributed by atoms with E-state index in [1.807, 2.05) is 35.7 Å². The van der Waals surface area contributed by atoms with Gasteiger partial charge in [-0.2, -0.15) is 0 Å². The average molecular weight is 723 g/mol. The molecule has 2 N–H and O–H groups in total. The molecule has 0 radical (unpaired) electrons. The number of benzene rings is 6. The molecule has 0 spiro atoms. The number of nitrogens with one attached hydrogen (secondary N) is 2. The molecule has 54 heavy (non-hydrogen) atoms. The molecule has 266 valence electrons. The molecule has 0 aliphatic carbocycles. The van der Waals surface area contributed by atoms with Crippen LogP contribution in [-0.4, -0.2) is 9.55 Å². The number of nitrogens with zero attached hydrogens (tertiary/aromatic N) is 2. The van der Waals surface area contributed by atoms with Crippen molar-refractivity contribution in [2.24, 2.45) is 0 Å². The number of aromatic nitrogens is 2. The largest absolute Gasteiger partial charge is 0.457 e. The summed E-state index contributed by atoms with van der Waals surface area (Å²) in [6.07, 6.45) is 1.93. The minimum atomic E-state index is -0.0181. The van der Waals surface area contributed by atoms with E-state index in [0.717, 1.165) is 51.1 Å². The van der Waals surface area contributed by atoms with Crippen LogP contribution in [0.4, 0.5) is 22.7 Å². The summed E-state index contributed by atoms with van der Waals surface area (Å²) in [5.41, 5.74) is 11.2. The molecule has 0 fully saturated rings. The lowest BCUT2D eigenvalue weighted by molar-refractivity contribution is 0.483. The first-order chi connectivity index (χ1) is 26.1. The van der Waals surface area contributed by atoms with Crippen molar-refractivity contribution in [3.05, 3.63) is 156 Å². The van der Waals surface area contributed by atoms with E-state index in [4.69, 9.17) is 9.72 Å². The summed E-state index contributed by atoms with van der Waals surface area (Å²) in [5, 5.41) is 12.3. The molecule has 6 aromatic carbocycles. The normalized spacial score (nSPS) is 11.9. The van der Waals surface area contributed by atoms with Crippen LogP contribution in [0.25, 0.3) is 47.8 Å². The van der Waals surface area contributed by atoms with Gasteiger partial charge >= 0.3 is 0 Å². The van der Waals surface area contributed by atoms with Crippen LogP contribution in [0.1, 0.15) is 43.0 Å². The fourth-order valence-electron chi connectivity index (χ4n) is 7.76. The second kappa shape index (κ2) is 13.1. The molecule has 0 unspecified atom stereocenters. The molecule has 0 atom stereocenters. The predicted molar refractivity (Wildman–Crippen MR) is 230 cm³/mol. The minimum Gasteiger partial charge on any atom is -0.457 e. The van der Waals surface area contributed by atoms with Crippen LogP contribution < -0.4 is 15.4 Å². The van der Waals surface area contributed by atoms with Crippen molar-refractivity contribution in [1.82, 2.24) is 9.55 Å². The second-order valence-corrected chi connectivity index (χ2v) is 16.4. The van der Waals surface area contributed by atoms with Gasteiger partial charge < -0.3 is 15.4 Å². The summed E-state index contributed by atoms with van der Waals surface area (Å²) in [6, 6.07) is 44.9. The highest BCUT2D eigenvalue weighted by molar-refractivity contribution is 7.26. The van der Waals surface area contributed by atoms with Crippen LogP contribution in [0.3, 0.4) is 0 Å². The minimum absolute atomic E-state index is 0.0181. The molecule has 3 aromatic heterocycles. The fourth-order valence-corrected chi connectivity index (χ4v) is 8.88. The molecule has 0 aliphatic heterocycles. The van der Waals surface area contributed by atoms with Crippen LogP contribution in [0, 0.1) is 20.8 Å². The number of fused-ring (bicyclic) bond motifs is 7. The Balaban J connectivity index is 1.11. The van der Waals surface area contributed by atoms with Crippen LogP contribution in [0.2, 0.25) is 0 Å². The summed E-state index contributed by atoms with van der Waals surface area (Å²) in [4.78, 5) is 4.95. The van der Waals surface area contributed by atoms with E-state index < -0.39 is 0 Å². The van der Waals surface area contributed by atoms with Crippen molar-refractivity contribution in [1.29, 1.82) is 0 Å². The Kier molecular flexibility index (Phi) is 8.16. The Hall–Kier alpha value is -6.11. The maximum atomic E-state index is 6.65. The van der Waals surface area contributed by atoms with Gasteiger partial charge in [0.25, 0.3) is 0 Å². The van der Waals surface area contributed by atoms with Crippen molar-refractivity contribution in [2.75, 3.05) is 10.6 Å². The number of rotatable bonds is 7.